The molecule has 5 rings (SSSR count). The Morgan fingerprint density at radius 3 is 2.52 bits per heavy atom. The number of aliphatic hydroxyl groups is 2. The van der Waals surface area contributed by atoms with Crippen LogP contribution in [-0.2, 0) is 30.3 Å². The van der Waals surface area contributed by atoms with E-state index >= 15 is 0 Å². The zero-order valence-corrected chi connectivity index (χ0v) is 32.6. The molecule has 1 heterocycles. The molecule has 304 valence electrons. The molecular weight excluding hydrogens is 751 g/mol. The number of nitrogens with two attached hydrogens (primary N) is 1. The van der Waals surface area contributed by atoms with Gasteiger partial charge in [-0.05, 0) is 45.6 Å². The molecule has 0 aromatic heterocycles. The number of hydrogen-bond acceptors (Lipinski definition) is 16. The second kappa shape index (κ2) is 18.1. The fourth-order valence-corrected chi connectivity index (χ4v) is 7.46. The smallest absolute Gasteiger partial charge is 0.269 e. The molecular formula is C38H49N5O12S. The van der Waals surface area contributed by atoms with Crippen LogP contribution < -0.4 is 21.2 Å². The maximum atomic E-state index is 14.0. The number of nitrogens with zero attached hydrogens (tertiary/aromatic N) is 2. The lowest BCUT2D eigenvalue weighted by Gasteiger charge is -2.43. The second-order valence-corrected chi connectivity index (χ2v) is 14.3. The lowest BCUT2D eigenvalue weighted by Crippen LogP contribution is -2.52. The van der Waals surface area contributed by atoms with Crippen molar-refractivity contribution in [1.29, 1.82) is 0 Å². The highest BCUT2D eigenvalue weighted by molar-refractivity contribution is 7.80. The summed E-state index contributed by atoms with van der Waals surface area (Å²) in [7, 11) is 1.34. The summed E-state index contributed by atoms with van der Waals surface area (Å²) in [5.74, 6) is -3.26. The Kier molecular flexibility index (Phi) is 13.8. The van der Waals surface area contributed by atoms with Crippen LogP contribution in [0.2, 0.25) is 0 Å². The van der Waals surface area contributed by atoms with Gasteiger partial charge >= 0.3 is 0 Å². The van der Waals surface area contributed by atoms with Crippen molar-refractivity contribution >= 4 is 47.4 Å². The van der Waals surface area contributed by atoms with Gasteiger partial charge in [0.15, 0.2) is 12.1 Å². The molecule has 0 radical (unpaired) electrons. The number of ether oxygens (including phenoxy) is 3. The molecule has 2 aromatic rings. The van der Waals surface area contributed by atoms with Crippen LogP contribution in [0.5, 0.6) is 17.2 Å². The number of phenolic OH excluding ortho intramolecular Hbond substituents is 2. The normalized spacial score (nSPS) is 24.8. The van der Waals surface area contributed by atoms with E-state index in [4.69, 9.17) is 24.8 Å². The van der Waals surface area contributed by atoms with Crippen LogP contribution in [-0.4, -0.2) is 105 Å². The number of hydrazone groups is 1. The maximum absolute atomic E-state index is 14.0. The molecule has 1 saturated heterocycles. The summed E-state index contributed by atoms with van der Waals surface area (Å²) < 4.78 is 17.6. The summed E-state index contributed by atoms with van der Waals surface area (Å²) in [6.45, 7) is 5.08. The SMILES string of the molecule is CC/C(=N\NC(=O)CCCCCO/N=C(\C)C(=O)NCS)[C@]1(O)Cc2c(O)c3c(c(O)c2[C@@H](OC2CC(N)C(O)[C@H](C)O2)C1)C(=O)c1c(OC)cccc1C3=O. The van der Waals surface area contributed by atoms with Gasteiger partial charge in [-0.1, -0.05) is 24.2 Å². The minimum Gasteiger partial charge on any atom is -0.507 e. The van der Waals surface area contributed by atoms with E-state index in [1.807, 2.05) is 0 Å². The van der Waals surface area contributed by atoms with E-state index in [1.54, 1.807) is 13.8 Å². The first-order valence-corrected chi connectivity index (χ1v) is 19.1. The van der Waals surface area contributed by atoms with Gasteiger partial charge in [-0.2, -0.15) is 17.7 Å². The van der Waals surface area contributed by atoms with Gasteiger partial charge in [-0.3, -0.25) is 19.2 Å². The number of methoxy groups -OCH3 is 1. The molecule has 0 bridgehead atoms. The molecule has 6 atom stereocenters. The van der Waals surface area contributed by atoms with Crippen molar-refractivity contribution in [1.82, 2.24) is 10.7 Å². The molecule has 0 saturated carbocycles. The van der Waals surface area contributed by atoms with E-state index in [0.29, 0.717) is 19.3 Å². The number of oxime groups is 1. The second-order valence-electron chi connectivity index (χ2n) is 14.0. The van der Waals surface area contributed by atoms with Gasteiger partial charge in [0, 0.05) is 48.4 Å². The number of unbranched alkanes of at least 4 members (excludes halogenated alkanes) is 2. The maximum Gasteiger partial charge on any atom is 0.269 e. The van der Waals surface area contributed by atoms with Gasteiger partial charge in [-0.15, -0.1) is 0 Å². The number of benzene rings is 2. The van der Waals surface area contributed by atoms with Gasteiger partial charge < -0.3 is 50.5 Å². The van der Waals surface area contributed by atoms with E-state index in [2.05, 4.69) is 33.6 Å². The number of thiol groups is 1. The summed E-state index contributed by atoms with van der Waals surface area (Å²) in [5, 5.41) is 56.9. The fourth-order valence-electron chi connectivity index (χ4n) is 7.32. The predicted octanol–water partition coefficient (Wildman–Crippen LogP) is 2.28. The van der Waals surface area contributed by atoms with Crippen molar-refractivity contribution in [3.63, 3.8) is 0 Å². The van der Waals surface area contributed by atoms with Crippen LogP contribution in [0.4, 0.5) is 0 Å². The average molecular weight is 800 g/mol. The molecule has 3 aliphatic rings. The number of carbonyl (C=O) groups excluding carboxylic acids is 4. The lowest BCUT2D eigenvalue weighted by molar-refractivity contribution is -0.245. The Morgan fingerprint density at radius 1 is 1.11 bits per heavy atom. The highest BCUT2D eigenvalue weighted by atomic mass is 32.1. The van der Waals surface area contributed by atoms with E-state index in [1.165, 1.54) is 32.2 Å². The number of rotatable bonds is 15. The Morgan fingerprint density at radius 2 is 1.84 bits per heavy atom. The Balaban J connectivity index is 1.40. The van der Waals surface area contributed by atoms with Crippen molar-refractivity contribution < 1.29 is 58.7 Å². The Bertz CT molecular complexity index is 1910. The van der Waals surface area contributed by atoms with Gasteiger partial charge in [0.05, 0.1) is 53.7 Å². The minimum atomic E-state index is -1.90. The zero-order valence-electron chi connectivity index (χ0n) is 31.7. The van der Waals surface area contributed by atoms with Gasteiger partial charge in [0.1, 0.15) is 35.2 Å². The van der Waals surface area contributed by atoms with Crippen LogP contribution >= 0.6 is 12.6 Å². The predicted molar refractivity (Wildman–Crippen MR) is 205 cm³/mol. The molecule has 56 heavy (non-hydrogen) atoms. The summed E-state index contributed by atoms with van der Waals surface area (Å²) >= 11 is 3.92. The minimum absolute atomic E-state index is 0.0314. The topological polar surface area (TPSA) is 261 Å². The molecule has 8 N–H and O–H groups in total. The quantitative estimate of drug-likeness (QED) is 0.0274. The first-order chi connectivity index (χ1) is 26.7. The molecule has 3 unspecified atom stereocenters. The first-order valence-electron chi connectivity index (χ1n) is 18.4. The number of aliphatic hydroxyl groups excluding tert-OH is 1. The van der Waals surface area contributed by atoms with Crippen molar-refractivity contribution in [2.45, 2.75) is 108 Å². The van der Waals surface area contributed by atoms with Crippen LogP contribution in [0.3, 0.4) is 0 Å². The number of phenols is 2. The molecule has 2 aromatic carbocycles. The summed E-state index contributed by atoms with van der Waals surface area (Å²) in [5.41, 5.74) is 5.98. The van der Waals surface area contributed by atoms with Crippen molar-refractivity contribution in [2.24, 2.45) is 16.0 Å². The number of carbonyl (C=O) groups is 4. The fraction of sp³-hybridized carbons (Fsp3) is 0.526. The molecule has 17 nitrogen and oxygen atoms in total. The van der Waals surface area contributed by atoms with E-state index in [-0.39, 0.29) is 89.9 Å². The Hall–Kier alpha value is -4.59. The summed E-state index contributed by atoms with van der Waals surface area (Å²) in [6.07, 6.45) is -2.72. The number of nitrogens with one attached hydrogen (secondary N) is 2. The number of hydrogen-bond donors (Lipinski definition) is 8. The third-order valence-corrected chi connectivity index (χ3v) is 10.4. The summed E-state index contributed by atoms with van der Waals surface area (Å²) in [4.78, 5) is 57.6. The number of ketones is 2. The number of amides is 2. The standard InChI is InChI=1S/C38H49N5O12S/c1-5-25(41-42-26(44)12-7-6-8-13-53-43-18(2)37(50)40-17-56)38(51)15-21-29(24(16-38)55-27-14-22(39)32(45)19(3)54-27)36(49)31-30(34(21)47)33(46)20-10-9-11-23(52-4)28(20)35(31)48/h9-11,19,22,24,27,32,45,47,49,51,56H,5-8,12-17,39H2,1-4H3,(H,40,50)(H,42,44)/b41-25+,43-18+/t19-,22?,24-,27?,32?,38-/m0/s1. The van der Waals surface area contributed by atoms with Crippen molar-refractivity contribution in [3.8, 4) is 17.2 Å². The van der Waals surface area contributed by atoms with Crippen LogP contribution in [0, 0.1) is 0 Å². The van der Waals surface area contributed by atoms with E-state index in [9.17, 15) is 39.6 Å². The lowest BCUT2D eigenvalue weighted by atomic mass is 9.71. The molecule has 0 spiro atoms. The largest absolute Gasteiger partial charge is 0.507 e. The highest BCUT2D eigenvalue weighted by Crippen LogP contribution is 2.52. The monoisotopic (exact) mass is 799 g/mol. The highest BCUT2D eigenvalue weighted by Gasteiger charge is 2.49. The molecule has 1 aliphatic heterocycles. The molecule has 2 aliphatic carbocycles. The average Bonchev–Trinajstić information content (AvgIpc) is 3.16. The van der Waals surface area contributed by atoms with Crippen molar-refractivity contribution in [3.05, 3.63) is 51.6 Å². The summed E-state index contributed by atoms with van der Waals surface area (Å²) in [6, 6.07) is 3.71. The van der Waals surface area contributed by atoms with Gasteiger partial charge in [0.25, 0.3) is 5.91 Å². The van der Waals surface area contributed by atoms with Gasteiger partial charge in [0.2, 0.25) is 11.7 Å². The Labute approximate surface area is 329 Å². The first kappa shape index (κ1) is 42.6. The molecule has 1 fully saturated rings. The number of fused-ring (bicyclic) bond motifs is 3. The van der Waals surface area contributed by atoms with Crippen LogP contribution in [0.15, 0.2) is 28.5 Å². The van der Waals surface area contributed by atoms with E-state index in [0.717, 1.165) is 0 Å². The third kappa shape index (κ3) is 8.69. The van der Waals surface area contributed by atoms with Gasteiger partial charge in [-0.25, -0.2) is 5.43 Å². The third-order valence-electron chi connectivity index (χ3n) is 10.2. The van der Waals surface area contributed by atoms with Crippen molar-refractivity contribution in [2.75, 3.05) is 19.6 Å². The number of aromatic hydroxyl groups is 2. The molecule has 18 heteroatoms. The molecule has 2 amide bonds. The zero-order chi connectivity index (χ0) is 40.9. The van der Waals surface area contributed by atoms with Crippen LogP contribution in [0.25, 0.3) is 0 Å². The van der Waals surface area contributed by atoms with Crippen LogP contribution in [0.1, 0.15) is 115 Å². The van der Waals surface area contributed by atoms with E-state index < -0.39 is 76.3 Å².